The number of nitrogens with zero attached hydrogens (tertiary/aromatic N) is 3. The highest BCUT2D eigenvalue weighted by atomic mass is 15.5. The molecule has 2 aliphatic rings. The van der Waals surface area contributed by atoms with Crippen molar-refractivity contribution >= 4 is 32.6 Å². The minimum atomic E-state index is -0.361. The Bertz CT molecular complexity index is 3110. The maximum Gasteiger partial charge on any atom is 0.122 e. The van der Waals surface area contributed by atoms with Crippen molar-refractivity contribution in [3.05, 3.63) is 210 Å². The van der Waals surface area contributed by atoms with Crippen LogP contribution in [0.4, 0.5) is 0 Å². The Labute approximate surface area is 312 Å². The number of hydrogen-bond donors (Lipinski definition) is 0. The summed E-state index contributed by atoms with van der Waals surface area (Å²) in [5.41, 5.74) is 17.9. The van der Waals surface area contributed by atoms with E-state index in [2.05, 4.69) is 158 Å². The fourth-order valence-corrected chi connectivity index (χ4v) is 9.53. The van der Waals surface area contributed by atoms with Crippen molar-refractivity contribution in [1.82, 2.24) is 15.0 Å². The predicted molar refractivity (Wildman–Crippen MR) is 221 cm³/mol. The van der Waals surface area contributed by atoms with Gasteiger partial charge in [0, 0.05) is 5.39 Å². The van der Waals surface area contributed by atoms with E-state index in [1.165, 1.54) is 77.5 Å². The van der Waals surface area contributed by atoms with Gasteiger partial charge in [0.1, 0.15) is 11.0 Å². The minimum Gasteiger partial charge on any atom is -0.150 e. The SMILES string of the molecule is c1ccc(-n2nc3ccc4ccc5ccc(-c6cccc(-c7ccc8c(c7)C7(c9ccccc9-c9ccccc97)c7ccccc7-8)c6)cc5c4c3n2)cc1. The lowest BCUT2D eigenvalue weighted by Gasteiger charge is -2.30. The first kappa shape index (κ1) is 29.5. The molecule has 250 valence electrons. The van der Waals surface area contributed by atoms with Crippen LogP contribution in [0.1, 0.15) is 22.3 Å². The van der Waals surface area contributed by atoms with Gasteiger partial charge in [-0.1, -0.05) is 152 Å². The molecule has 1 aromatic heterocycles. The summed E-state index contributed by atoms with van der Waals surface area (Å²) >= 11 is 0. The van der Waals surface area contributed by atoms with Gasteiger partial charge in [-0.15, -0.1) is 10.2 Å². The highest BCUT2D eigenvalue weighted by Crippen LogP contribution is 2.63. The van der Waals surface area contributed by atoms with Gasteiger partial charge >= 0.3 is 0 Å². The Morgan fingerprint density at radius 1 is 0.370 bits per heavy atom. The van der Waals surface area contributed by atoms with E-state index < -0.39 is 0 Å². The van der Waals surface area contributed by atoms with Crippen molar-refractivity contribution in [1.29, 1.82) is 0 Å². The van der Waals surface area contributed by atoms with Gasteiger partial charge in [0.15, 0.2) is 0 Å². The molecule has 0 atom stereocenters. The monoisotopic (exact) mass is 685 g/mol. The Hall–Kier alpha value is -7.10. The van der Waals surface area contributed by atoms with Crippen LogP contribution in [0.2, 0.25) is 0 Å². The molecule has 12 rings (SSSR count). The molecule has 0 fully saturated rings. The van der Waals surface area contributed by atoms with Crippen molar-refractivity contribution in [3.8, 4) is 50.2 Å². The molecule has 9 aromatic carbocycles. The van der Waals surface area contributed by atoms with Crippen molar-refractivity contribution < 1.29 is 0 Å². The lowest BCUT2D eigenvalue weighted by atomic mass is 9.70. The first-order valence-corrected chi connectivity index (χ1v) is 18.6. The summed E-state index contributed by atoms with van der Waals surface area (Å²) in [7, 11) is 0. The van der Waals surface area contributed by atoms with Crippen LogP contribution in [0.5, 0.6) is 0 Å². The first-order chi connectivity index (χ1) is 26.8. The lowest BCUT2D eigenvalue weighted by molar-refractivity contribution is 0.766. The molecule has 10 aromatic rings. The zero-order chi connectivity index (χ0) is 35.4. The Morgan fingerprint density at radius 2 is 0.907 bits per heavy atom. The number of para-hydroxylation sites is 1. The maximum absolute atomic E-state index is 5.02. The summed E-state index contributed by atoms with van der Waals surface area (Å²) in [4.78, 5) is 1.75. The molecular weight excluding hydrogens is 655 g/mol. The lowest BCUT2D eigenvalue weighted by Crippen LogP contribution is -2.25. The molecule has 0 saturated carbocycles. The van der Waals surface area contributed by atoms with Crippen LogP contribution in [0.25, 0.3) is 82.8 Å². The van der Waals surface area contributed by atoms with E-state index in [-0.39, 0.29) is 5.41 Å². The summed E-state index contributed by atoms with van der Waals surface area (Å²) in [5, 5.41) is 14.5. The van der Waals surface area contributed by atoms with Gasteiger partial charge in [-0.25, -0.2) is 0 Å². The third-order valence-electron chi connectivity index (χ3n) is 11.9. The van der Waals surface area contributed by atoms with E-state index in [1.807, 2.05) is 30.3 Å². The molecule has 3 heteroatoms. The second-order valence-electron chi connectivity index (χ2n) is 14.6. The van der Waals surface area contributed by atoms with Gasteiger partial charge in [-0.05, 0) is 119 Å². The van der Waals surface area contributed by atoms with Crippen LogP contribution in [0, 0.1) is 0 Å². The van der Waals surface area contributed by atoms with Crippen LogP contribution < -0.4 is 0 Å². The summed E-state index contributed by atoms with van der Waals surface area (Å²) in [6.45, 7) is 0. The third kappa shape index (κ3) is 3.96. The first-order valence-electron chi connectivity index (χ1n) is 18.6. The van der Waals surface area contributed by atoms with Crippen LogP contribution in [0.3, 0.4) is 0 Å². The average Bonchev–Trinajstić information content (AvgIpc) is 3.91. The summed E-state index contributed by atoms with van der Waals surface area (Å²) in [5.74, 6) is 0. The largest absolute Gasteiger partial charge is 0.150 e. The molecular formula is C51H31N3. The van der Waals surface area contributed by atoms with E-state index in [4.69, 9.17) is 10.2 Å². The molecule has 0 saturated heterocycles. The molecule has 0 unspecified atom stereocenters. The second-order valence-corrected chi connectivity index (χ2v) is 14.6. The van der Waals surface area contributed by atoms with E-state index in [0.29, 0.717) is 0 Å². The molecule has 54 heavy (non-hydrogen) atoms. The van der Waals surface area contributed by atoms with Crippen LogP contribution in [-0.2, 0) is 5.41 Å². The smallest absolute Gasteiger partial charge is 0.122 e. The fraction of sp³-hybridized carbons (Fsp3) is 0.0196. The average molecular weight is 686 g/mol. The zero-order valence-corrected chi connectivity index (χ0v) is 29.2. The molecule has 1 spiro atoms. The maximum atomic E-state index is 5.02. The Balaban J connectivity index is 1.02. The predicted octanol–water partition coefficient (Wildman–Crippen LogP) is 12.4. The van der Waals surface area contributed by atoms with Crippen molar-refractivity contribution in [3.63, 3.8) is 0 Å². The van der Waals surface area contributed by atoms with E-state index in [1.54, 1.807) is 4.80 Å². The second kappa shape index (κ2) is 11.0. The van der Waals surface area contributed by atoms with E-state index in [0.717, 1.165) is 27.5 Å². The summed E-state index contributed by atoms with van der Waals surface area (Å²) < 4.78 is 0. The fourth-order valence-electron chi connectivity index (χ4n) is 9.53. The van der Waals surface area contributed by atoms with Gasteiger partial charge in [-0.2, -0.15) is 4.80 Å². The number of benzene rings is 9. The van der Waals surface area contributed by atoms with E-state index >= 15 is 0 Å². The third-order valence-corrected chi connectivity index (χ3v) is 11.9. The number of aromatic nitrogens is 3. The van der Waals surface area contributed by atoms with Crippen LogP contribution in [0.15, 0.2) is 188 Å². The molecule has 3 nitrogen and oxygen atoms in total. The highest BCUT2D eigenvalue weighted by Gasteiger charge is 2.51. The number of fused-ring (bicyclic) bond motifs is 15. The molecule has 0 radical (unpaired) electrons. The Morgan fingerprint density at radius 3 is 1.61 bits per heavy atom. The van der Waals surface area contributed by atoms with Crippen LogP contribution in [-0.4, -0.2) is 15.0 Å². The van der Waals surface area contributed by atoms with Gasteiger partial charge < -0.3 is 0 Å². The van der Waals surface area contributed by atoms with Gasteiger partial charge in [-0.3, -0.25) is 0 Å². The molecule has 0 N–H and O–H groups in total. The molecule has 2 aliphatic carbocycles. The minimum absolute atomic E-state index is 0.361. The van der Waals surface area contributed by atoms with Crippen molar-refractivity contribution in [2.75, 3.05) is 0 Å². The molecule has 0 amide bonds. The summed E-state index contributed by atoms with van der Waals surface area (Å²) in [6.07, 6.45) is 0. The zero-order valence-electron chi connectivity index (χ0n) is 29.2. The molecule has 0 bridgehead atoms. The van der Waals surface area contributed by atoms with Gasteiger partial charge in [0.05, 0.1) is 11.1 Å². The van der Waals surface area contributed by atoms with Crippen molar-refractivity contribution in [2.24, 2.45) is 0 Å². The normalized spacial score (nSPS) is 13.3. The quantitative estimate of drug-likeness (QED) is 0.173. The van der Waals surface area contributed by atoms with Crippen LogP contribution >= 0.6 is 0 Å². The van der Waals surface area contributed by atoms with E-state index in [9.17, 15) is 0 Å². The molecule has 1 heterocycles. The Kier molecular flexibility index (Phi) is 5.98. The van der Waals surface area contributed by atoms with Crippen molar-refractivity contribution in [2.45, 2.75) is 5.41 Å². The highest BCUT2D eigenvalue weighted by molar-refractivity contribution is 6.19. The summed E-state index contributed by atoms with van der Waals surface area (Å²) in [6, 6.07) is 68.7. The van der Waals surface area contributed by atoms with Gasteiger partial charge in [0.2, 0.25) is 0 Å². The topological polar surface area (TPSA) is 30.7 Å². The standard InChI is InChI=1S/C51H31N3/c1-2-13-38(14-3-1)54-52-48-28-26-33-23-21-32-22-24-36(30-43(32)49(33)50(48)53-54)34-11-10-12-35(29-34)37-25-27-42-41-17-6-9-20-46(41)51(47(42)31-37)44-18-7-4-15-39(44)40-16-5-8-19-45(40)51/h1-31H. The molecule has 0 aliphatic heterocycles. The number of hydrogen-bond acceptors (Lipinski definition) is 2. The number of rotatable bonds is 3. The van der Waals surface area contributed by atoms with Gasteiger partial charge in [0.25, 0.3) is 0 Å².